The third kappa shape index (κ3) is 2.25. The van der Waals surface area contributed by atoms with E-state index in [4.69, 9.17) is 12.2 Å². The largest absolute Gasteiger partial charge is 0.414 e. The van der Waals surface area contributed by atoms with Gasteiger partial charge in [0.25, 0.3) is 0 Å². The first kappa shape index (κ1) is 14.2. The Kier molecular flexibility index (Phi) is 3.32. The molecule has 2 N–H and O–H groups in total. The summed E-state index contributed by atoms with van der Waals surface area (Å²) >= 11 is 5.03. The summed E-state index contributed by atoms with van der Waals surface area (Å²) in [5, 5.41) is 3.62. The van der Waals surface area contributed by atoms with E-state index in [1.165, 1.54) is 11.9 Å². The molecule has 1 aliphatic heterocycles. The zero-order valence-corrected chi connectivity index (χ0v) is 12.1. The van der Waals surface area contributed by atoms with Crippen LogP contribution in [0.5, 0.6) is 0 Å². The van der Waals surface area contributed by atoms with Crippen LogP contribution in [0.3, 0.4) is 0 Å². The van der Waals surface area contributed by atoms with Crippen LogP contribution in [0.15, 0.2) is 24.3 Å². The number of rotatable bonds is 0. The molecule has 2 heterocycles. The number of hydrogen-bond acceptors (Lipinski definition) is 1. The van der Waals surface area contributed by atoms with E-state index in [0.29, 0.717) is 6.42 Å². The number of halogens is 3. The molecule has 0 amide bonds. The van der Waals surface area contributed by atoms with Gasteiger partial charge in [0.05, 0.1) is 5.69 Å². The first-order valence-electron chi connectivity index (χ1n) is 6.58. The van der Waals surface area contributed by atoms with Crippen LogP contribution in [0.4, 0.5) is 13.2 Å². The molecule has 0 saturated carbocycles. The Morgan fingerprint density at radius 1 is 1.38 bits per heavy atom. The molecule has 7 heteroatoms. The second-order valence-electron chi connectivity index (χ2n) is 5.01. The van der Waals surface area contributed by atoms with Gasteiger partial charge in [0.1, 0.15) is 0 Å². The fraction of sp³-hybridized carbons (Fsp3) is 0.357. The number of aromatic nitrogens is 1. The summed E-state index contributed by atoms with van der Waals surface area (Å²) in [5.41, 5.74) is 1.67. The topological polar surface area (TPSA) is 31.1 Å². The predicted molar refractivity (Wildman–Crippen MR) is 79.2 cm³/mol. The minimum absolute atomic E-state index is 0.113. The Bertz CT molecular complexity index is 692. The third-order valence-electron chi connectivity index (χ3n) is 3.82. The number of H-pyrrole nitrogens is 1. The predicted octanol–water partition coefficient (Wildman–Crippen LogP) is 3.13. The van der Waals surface area contributed by atoms with Crippen molar-refractivity contribution in [3.63, 3.8) is 0 Å². The molecule has 0 radical (unpaired) electrons. The van der Waals surface area contributed by atoms with Crippen molar-refractivity contribution in [2.45, 2.75) is 18.6 Å². The van der Waals surface area contributed by atoms with Crippen molar-refractivity contribution in [3.8, 4) is 0 Å². The smallest absolute Gasteiger partial charge is 0.366 e. The van der Waals surface area contributed by atoms with E-state index in [1.54, 1.807) is 6.07 Å². The van der Waals surface area contributed by atoms with E-state index in [-0.39, 0.29) is 17.4 Å². The molecule has 1 aliphatic rings. The van der Waals surface area contributed by atoms with Gasteiger partial charge in [-0.1, -0.05) is 18.2 Å². The molecule has 0 unspecified atom stereocenters. The Balaban J connectivity index is 2.18. The summed E-state index contributed by atoms with van der Waals surface area (Å²) in [6.07, 6.45) is -3.86. The van der Waals surface area contributed by atoms with Gasteiger partial charge >= 0.3 is 6.18 Å². The molecule has 1 aromatic heterocycles. The highest BCUT2D eigenvalue weighted by atomic mass is 32.1. The fourth-order valence-electron chi connectivity index (χ4n) is 2.94. The Morgan fingerprint density at radius 2 is 2.10 bits per heavy atom. The van der Waals surface area contributed by atoms with Crippen molar-refractivity contribution in [1.82, 2.24) is 15.2 Å². The lowest BCUT2D eigenvalue weighted by atomic mass is 9.97. The minimum Gasteiger partial charge on any atom is -0.366 e. The molecule has 0 aliphatic carbocycles. The molecule has 3 nitrogen and oxygen atoms in total. The van der Waals surface area contributed by atoms with Crippen LogP contribution in [0.2, 0.25) is 0 Å². The average molecular weight is 313 g/mol. The van der Waals surface area contributed by atoms with Crippen LogP contribution in [0.25, 0.3) is 10.9 Å². The van der Waals surface area contributed by atoms with Crippen LogP contribution >= 0.6 is 12.2 Å². The number of nitrogens with one attached hydrogen (secondary N) is 2. The molecule has 0 bridgehead atoms. The van der Waals surface area contributed by atoms with Crippen molar-refractivity contribution in [1.29, 1.82) is 0 Å². The first-order valence-corrected chi connectivity index (χ1v) is 6.99. The van der Waals surface area contributed by atoms with E-state index in [2.05, 4.69) is 10.3 Å². The molecule has 0 fully saturated rings. The molecule has 0 spiro atoms. The van der Waals surface area contributed by atoms with Crippen LogP contribution < -0.4 is 5.32 Å². The third-order valence-corrected chi connectivity index (χ3v) is 4.26. The number of benzene rings is 1. The van der Waals surface area contributed by atoms with Crippen molar-refractivity contribution in [3.05, 3.63) is 35.5 Å². The van der Waals surface area contributed by atoms with E-state index >= 15 is 0 Å². The summed E-state index contributed by atoms with van der Waals surface area (Å²) in [7, 11) is 1.54. The number of aromatic amines is 1. The summed E-state index contributed by atoms with van der Waals surface area (Å²) in [6, 6.07) is 5.56. The summed E-state index contributed by atoms with van der Waals surface area (Å²) < 4.78 is 40.6. The maximum Gasteiger partial charge on any atom is 0.414 e. The monoisotopic (exact) mass is 313 g/mol. The van der Waals surface area contributed by atoms with Gasteiger partial charge in [0.2, 0.25) is 0 Å². The van der Waals surface area contributed by atoms with Gasteiger partial charge in [-0.15, -0.1) is 0 Å². The Morgan fingerprint density at radius 3 is 2.76 bits per heavy atom. The summed E-state index contributed by atoms with van der Waals surface area (Å²) in [5.74, 6) is 0. The van der Waals surface area contributed by atoms with Gasteiger partial charge in [-0.25, -0.2) is 0 Å². The molecule has 3 rings (SSSR count). The second-order valence-corrected chi connectivity index (χ2v) is 5.39. The highest BCUT2D eigenvalue weighted by Crippen LogP contribution is 2.43. The molecule has 1 aromatic carbocycles. The molecule has 21 heavy (non-hydrogen) atoms. The first-order chi connectivity index (χ1) is 9.93. The van der Waals surface area contributed by atoms with Crippen LogP contribution in [0, 0.1) is 0 Å². The molecule has 0 saturated heterocycles. The lowest BCUT2D eigenvalue weighted by Gasteiger charge is -2.38. The fourth-order valence-corrected chi connectivity index (χ4v) is 3.14. The molecular weight excluding hydrogens is 299 g/mol. The molecule has 1 atom stereocenters. The number of para-hydroxylation sites is 1. The lowest BCUT2D eigenvalue weighted by Crippen LogP contribution is -2.49. The van der Waals surface area contributed by atoms with Crippen molar-refractivity contribution >= 4 is 28.2 Å². The van der Waals surface area contributed by atoms with Gasteiger partial charge in [-0.2, -0.15) is 13.2 Å². The zero-order chi connectivity index (χ0) is 15.2. The highest BCUT2D eigenvalue weighted by molar-refractivity contribution is 7.80. The maximum absolute atomic E-state index is 13.5. The number of nitrogens with zero attached hydrogens (tertiary/aromatic N) is 1. The normalized spacial score (nSPS) is 18.7. The van der Waals surface area contributed by atoms with E-state index < -0.39 is 12.2 Å². The SMILES string of the molecule is CNC(=S)N1CCc2c([nH]c3ccccc23)[C@H]1C(F)(F)F. The van der Waals surface area contributed by atoms with Crippen molar-refractivity contribution < 1.29 is 13.2 Å². The van der Waals surface area contributed by atoms with Gasteiger partial charge in [-0.05, 0) is 30.3 Å². The van der Waals surface area contributed by atoms with Gasteiger partial charge in [0, 0.05) is 24.5 Å². The lowest BCUT2D eigenvalue weighted by molar-refractivity contribution is -0.178. The van der Waals surface area contributed by atoms with Gasteiger partial charge < -0.3 is 15.2 Å². The van der Waals surface area contributed by atoms with E-state index in [9.17, 15) is 13.2 Å². The van der Waals surface area contributed by atoms with Crippen LogP contribution in [-0.4, -0.2) is 34.8 Å². The number of thiocarbonyl (C=S) groups is 1. The van der Waals surface area contributed by atoms with E-state index in [1.807, 2.05) is 18.2 Å². The zero-order valence-electron chi connectivity index (χ0n) is 11.3. The van der Waals surface area contributed by atoms with Gasteiger partial charge in [-0.3, -0.25) is 0 Å². The minimum atomic E-state index is -4.39. The maximum atomic E-state index is 13.5. The van der Waals surface area contributed by atoms with E-state index in [0.717, 1.165) is 16.5 Å². The second kappa shape index (κ2) is 4.91. The number of fused-ring (bicyclic) bond motifs is 3. The number of hydrogen-bond donors (Lipinski definition) is 2. The Labute approximate surface area is 125 Å². The highest BCUT2D eigenvalue weighted by Gasteiger charge is 2.49. The van der Waals surface area contributed by atoms with Crippen molar-refractivity contribution in [2.24, 2.45) is 0 Å². The van der Waals surface area contributed by atoms with Crippen LogP contribution in [-0.2, 0) is 6.42 Å². The molecule has 2 aromatic rings. The van der Waals surface area contributed by atoms with Crippen molar-refractivity contribution in [2.75, 3.05) is 13.6 Å². The van der Waals surface area contributed by atoms with Gasteiger partial charge in [0.15, 0.2) is 11.2 Å². The Hall–Kier alpha value is -1.76. The summed E-state index contributed by atoms with van der Waals surface area (Å²) in [4.78, 5) is 4.13. The average Bonchev–Trinajstić information content (AvgIpc) is 2.82. The van der Waals surface area contributed by atoms with Crippen LogP contribution in [0.1, 0.15) is 17.3 Å². The molecule has 112 valence electrons. The quantitative estimate of drug-likeness (QED) is 0.733. The standard InChI is InChI=1S/C14H14F3N3S/c1-18-13(21)20-7-6-9-8-4-2-3-5-10(8)19-11(9)12(20)14(15,16)17/h2-5,12,19H,6-7H2,1H3,(H,18,21)/t12-/m0/s1. The summed E-state index contributed by atoms with van der Waals surface area (Å²) in [6.45, 7) is 0.249. The molecular formula is C14H14F3N3S. The number of alkyl halides is 3.